The number of hydrogen-bond acceptors (Lipinski definition) is 2. The maximum Gasteiger partial charge on any atom is 0.0779 e. The van der Waals surface area contributed by atoms with Gasteiger partial charge in [0, 0.05) is 25.6 Å². The fourth-order valence-electron chi connectivity index (χ4n) is 4.25. The molecule has 3 saturated heterocycles. The summed E-state index contributed by atoms with van der Waals surface area (Å²) in [6, 6.07) is 0. The average Bonchev–Trinajstić information content (AvgIpc) is 2.46. The molecular weight excluding hydrogens is 184 g/mol. The van der Waals surface area contributed by atoms with Gasteiger partial charge in [0.1, 0.15) is 0 Å². The summed E-state index contributed by atoms with van der Waals surface area (Å²) in [7, 11) is 0. The third-order valence-corrected chi connectivity index (χ3v) is 5.01. The molecule has 3 aliphatic heterocycles. The van der Waals surface area contributed by atoms with Crippen LogP contribution in [0.3, 0.4) is 0 Å². The highest BCUT2D eigenvalue weighted by Crippen LogP contribution is 2.48. The minimum absolute atomic E-state index is 0.531. The maximum atomic E-state index is 2.83. The van der Waals surface area contributed by atoms with Crippen molar-refractivity contribution in [2.75, 3.05) is 26.2 Å². The van der Waals surface area contributed by atoms with Gasteiger partial charge in [0.2, 0.25) is 0 Å². The first-order chi connectivity index (χ1) is 7.38. The van der Waals surface area contributed by atoms with Crippen LogP contribution in [0.15, 0.2) is 0 Å². The molecule has 0 aromatic rings. The molecule has 3 heterocycles. The van der Waals surface area contributed by atoms with E-state index in [4.69, 9.17) is 0 Å². The minimum atomic E-state index is 0.531. The van der Waals surface area contributed by atoms with Crippen LogP contribution in [-0.2, 0) is 0 Å². The van der Waals surface area contributed by atoms with Crippen molar-refractivity contribution in [1.82, 2.24) is 9.80 Å². The van der Waals surface area contributed by atoms with Crippen LogP contribution in [0.4, 0.5) is 0 Å². The van der Waals surface area contributed by atoms with Gasteiger partial charge < -0.3 is 0 Å². The summed E-state index contributed by atoms with van der Waals surface area (Å²) >= 11 is 0. The second-order valence-electron chi connectivity index (χ2n) is 5.58. The molecule has 0 saturated carbocycles. The van der Waals surface area contributed by atoms with Crippen molar-refractivity contribution >= 4 is 0 Å². The molecule has 2 nitrogen and oxygen atoms in total. The van der Waals surface area contributed by atoms with E-state index in [1.807, 2.05) is 0 Å². The van der Waals surface area contributed by atoms with Crippen molar-refractivity contribution in [2.45, 2.75) is 51.1 Å². The summed E-state index contributed by atoms with van der Waals surface area (Å²) in [6.07, 6.45) is 8.59. The summed E-state index contributed by atoms with van der Waals surface area (Å²) in [5, 5.41) is 0. The minimum Gasteiger partial charge on any atom is -0.285 e. The summed E-state index contributed by atoms with van der Waals surface area (Å²) in [5.41, 5.74) is 0.531. The molecule has 3 rings (SSSR count). The van der Waals surface area contributed by atoms with Gasteiger partial charge in [0.25, 0.3) is 0 Å². The first kappa shape index (κ1) is 10.1. The predicted molar refractivity (Wildman–Crippen MR) is 62.7 cm³/mol. The molecule has 0 bridgehead atoms. The lowest BCUT2D eigenvalue weighted by atomic mass is 9.74. The Kier molecular flexibility index (Phi) is 2.52. The van der Waals surface area contributed by atoms with E-state index in [0.29, 0.717) is 5.66 Å². The highest BCUT2D eigenvalue weighted by molar-refractivity contribution is 5.07. The molecule has 15 heavy (non-hydrogen) atoms. The SMILES string of the molecule is CCC1CN2CCCN3CCCCCC132. The first-order valence-corrected chi connectivity index (χ1v) is 6.88. The van der Waals surface area contributed by atoms with Gasteiger partial charge in [-0.2, -0.15) is 0 Å². The molecule has 0 amide bonds. The van der Waals surface area contributed by atoms with Crippen LogP contribution < -0.4 is 0 Å². The Hall–Kier alpha value is -0.0800. The normalized spacial score (nSPS) is 42.6. The Morgan fingerprint density at radius 3 is 2.67 bits per heavy atom. The number of hydrogen-bond donors (Lipinski definition) is 0. The monoisotopic (exact) mass is 208 g/mol. The van der Waals surface area contributed by atoms with E-state index in [9.17, 15) is 0 Å². The molecular formula is C13H24N2. The molecule has 2 atom stereocenters. The van der Waals surface area contributed by atoms with E-state index in [2.05, 4.69) is 16.7 Å². The average molecular weight is 208 g/mol. The second-order valence-corrected chi connectivity index (χ2v) is 5.58. The molecule has 1 spiro atoms. The van der Waals surface area contributed by atoms with E-state index in [0.717, 1.165) is 5.92 Å². The van der Waals surface area contributed by atoms with Crippen molar-refractivity contribution in [1.29, 1.82) is 0 Å². The van der Waals surface area contributed by atoms with Gasteiger partial charge in [-0.05, 0) is 32.2 Å². The molecule has 86 valence electrons. The van der Waals surface area contributed by atoms with Crippen molar-refractivity contribution in [2.24, 2.45) is 5.92 Å². The Labute approximate surface area is 93.6 Å². The standard InChI is InChI=1S/C13H24N2/c1-2-12-11-15-10-6-9-14-8-5-3-4-7-13(12,14)15/h12H,2-11H2,1H3. The summed E-state index contributed by atoms with van der Waals surface area (Å²) in [4.78, 5) is 5.62. The van der Waals surface area contributed by atoms with Crippen molar-refractivity contribution in [3.63, 3.8) is 0 Å². The predicted octanol–water partition coefficient (Wildman–Crippen LogP) is 2.30. The highest BCUT2D eigenvalue weighted by Gasteiger charge is 2.56. The van der Waals surface area contributed by atoms with Gasteiger partial charge in [0.15, 0.2) is 0 Å². The Balaban J connectivity index is 1.87. The molecule has 0 N–H and O–H groups in total. The molecule has 3 fully saturated rings. The van der Waals surface area contributed by atoms with Crippen LogP contribution in [0.1, 0.15) is 45.4 Å². The lowest BCUT2D eigenvalue weighted by molar-refractivity contribution is -0.208. The Morgan fingerprint density at radius 2 is 1.80 bits per heavy atom. The van der Waals surface area contributed by atoms with Gasteiger partial charge in [-0.1, -0.05) is 19.8 Å². The second kappa shape index (κ2) is 3.74. The molecule has 0 aliphatic carbocycles. The van der Waals surface area contributed by atoms with E-state index in [1.54, 1.807) is 0 Å². The zero-order valence-corrected chi connectivity index (χ0v) is 10.0. The molecule has 0 radical (unpaired) electrons. The van der Waals surface area contributed by atoms with E-state index in [-0.39, 0.29) is 0 Å². The molecule has 2 heteroatoms. The van der Waals surface area contributed by atoms with Gasteiger partial charge in [-0.15, -0.1) is 0 Å². The molecule has 0 aromatic carbocycles. The molecule has 0 aromatic heterocycles. The smallest absolute Gasteiger partial charge is 0.0779 e. The van der Waals surface area contributed by atoms with Crippen LogP contribution in [0, 0.1) is 5.92 Å². The summed E-state index contributed by atoms with van der Waals surface area (Å²) in [6.45, 7) is 7.87. The van der Waals surface area contributed by atoms with Crippen LogP contribution in [-0.4, -0.2) is 41.6 Å². The number of nitrogens with zero attached hydrogens (tertiary/aromatic N) is 2. The highest BCUT2D eigenvalue weighted by atomic mass is 15.5. The zero-order valence-electron chi connectivity index (χ0n) is 10.0. The quantitative estimate of drug-likeness (QED) is 0.652. The molecule has 3 aliphatic rings. The van der Waals surface area contributed by atoms with E-state index in [1.165, 1.54) is 64.7 Å². The fourth-order valence-corrected chi connectivity index (χ4v) is 4.25. The number of rotatable bonds is 1. The summed E-state index contributed by atoms with van der Waals surface area (Å²) < 4.78 is 0. The van der Waals surface area contributed by atoms with Crippen LogP contribution >= 0.6 is 0 Å². The van der Waals surface area contributed by atoms with E-state index < -0.39 is 0 Å². The van der Waals surface area contributed by atoms with Crippen molar-refractivity contribution in [3.05, 3.63) is 0 Å². The van der Waals surface area contributed by atoms with E-state index >= 15 is 0 Å². The third kappa shape index (κ3) is 1.31. The zero-order chi connectivity index (χ0) is 10.3. The van der Waals surface area contributed by atoms with Crippen molar-refractivity contribution in [3.8, 4) is 0 Å². The van der Waals surface area contributed by atoms with Crippen LogP contribution in [0.5, 0.6) is 0 Å². The first-order valence-electron chi connectivity index (χ1n) is 6.88. The fraction of sp³-hybridized carbons (Fsp3) is 1.00. The Morgan fingerprint density at radius 1 is 1.00 bits per heavy atom. The lowest BCUT2D eigenvalue weighted by Crippen LogP contribution is -2.77. The van der Waals surface area contributed by atoms with Crippen LogP contribution in [0.25, 0.3) is 0 Å². The lowest BCUT2D eigenvalue weighted by Gasteiger charge is -2.66. The van der Waals surface area contributed by atoms with Crippen LogP contribution in [0.2, 0.25) is 0 Å². The van der Waals surface area contributed by atoms with Gasteiger partial charge in [-0.3, -0.25) is 9.80 Å². The largest absolute Gasteiger partial charge is 0.285 e. The summed E-state index contributed by atoms with van der Waals surface area (Å²) in [5.74, 6) is 0.968. The van der Waals surface area contributed by atoms with Crippen molar-refractivity contribution < 1.29 is 0 Å². The van der Waals surface area contributed by atoms with Gasteiger partial charge in [0.05, 0.1) is 5.66 Å². The molecule has 2 unspecified atom stereocenters. The van der Waals surface area contributed by atoms with Gasteiger partial charge >= 0.3 is 0 Å². The topological polar surface area (TPSA) is 6.48 Å². The Bertz CT molecular complexity index is 235. The third-order valence-electron chi connectivity index (χ3n) is 5.01. The van der Waals surface area contributed by atoms with Gasteiger partial charge in [-0.25, -0.2) is 0 Å². The maximum absolute atomic E-state index is 2.83.